The third-order valence-electron chi connectivity index (χ3n) is 2.71. The Kier molecular flexibility index (Phi) is 5.90. The molecule has 0 atom stereocenters. The second kappa shape index (κ2) is 7.46. The van der Waals surface area contributed by atoms with Crippen LogP contribution >= 0.6 is 43.5 Å². The van der Waals surface area contributed by atoms with Gasteiger partial charge in [0.2, 0.25) is 0 Å². The van der Waals surface area contributed by atoms with Crippen LogP contribution in [0.2, 0.25) is 5.02 Å². The molecule has 0 saturated heterocycles. The van der Waals surface area contributed by atoms with Gasteiger partial charge in [-0.3, -0.25) is 0 Å². The van der Waals surface area contributed by atoms with Crippen LogP contribution < -0.4 is 10.1 Å². The third-order valence-corrected chi connectivity index (χ3v) is 4.12. The highest BCUT2D eigenvalue weighted by Gasteiger charge is 2.09. The van der Waals surface area contributed by atoms with Crippen molar-refractivity contribution in [3.63, 3.8) is 0 Å². The van der Waals surface area contributed by atoms with Crippen molar-refractivity contribution >= 4 is 43.5 Å². The van der Waals surface area contributed by atoms with Crippen molar-refractivity contribution < 1.29 is 4.74 Å². The number of halogens is 3. The summed E-state index contributed by atoms with van der Waals surface area (Å²) in [4.78, 5) is 0. The Morgan fingerprint density at radius 1 is 1.10 bits per heavy atom. The SMILES string of the molecule is CNCc1cc(Br)c(OCc2cccc(Cl)c2)c(Br)c1. The first-order valence-corrected chi connectivity index (χ1v) is 8.06. The van der Waals surface area contributed by atoms with Crippen LogP contribution in [0.15, 0.2) is 45.3 Å². The highest BCUT2D eigenvalue weighted by atomic mass is 79.9. The average molecular weight is 420 g/mol. The lowest BCUT2D eigenvalue weighted by Crippen LogP contribution is -2.05. The lowest BCUT2D eigenvalue weighted by molar-refractivity contribution is 0.302. The molecule has 0 bridgehead atoms. The summed E-state index contributed by atoms with van der Waals surface area (Å²) < 4.78 is 7.73. The second-order valence-corrected chi connectivity index (χ2v) is 6.48. The molecule has 5 heteroatoms. The highest BCUT2D eigenvalue weighted by molar-refractivity contribution is 9.11. The van der Waals surface area contributed by atoms with E-state index in [1.54, 1.807) is 0 Å². The van der Waals surface area contributed by atoms with E-state index in [0.717, 1.165) is 26.8 Å². The van der Waals surface area contributed by atoms with E-state index >= 15 is 0 Å². The number of nitrogens with one attached hydrogen (secondary N) is 1. The predicted molar refractivity (Wildman–Crippen MR) is 90.4 cm³/mol. The van der Waals surface area contributed by atoms with Gasteiger partial charge in [0.15, 0.2) is 0 Å². The first kappa shape index (κ1) is 15.8. The van der Waals surface area contributed by atoms with Crippen LogP contribution in [0.5, 0.6) is 5.75 Å². The Balaban J connectivity index is 2.13. The molecule has 0 unspecified atom stereocenters. The van der Waals surface area contributed by atoms with E-state index in [4.69, 9.17) is 16.3 Å². The number of hydrogen-bond acceptors (Lipinski definition) is 2. The standard InChI is InChI=1S/C15H14Br2ClNO/c1-19-8-11-6-13(16)15(14(17)7-11)20-9-10-3-2-4-12(18)5-10/h2-7,19H,8-9H2,1H3. The third kappa shape index (κ3) is 4.22. The van der Waals surface area contributed by atoms with E-state index in [1.165, 1.54) is 5.56 Å². The van der Waals surface area contributed by atoms with Crippen molar-refractivity contribution in [1.29, 1.82) is 0 Å². The summed E-state index contributed by atoms with van der Waals surface area (Å²) in [5.74, 6) is 0.796. The molecule has 0 heterocycles. The smallest absolute Gasteiger partial charge is 0.148 e. The monoisotopic (exact) mass is 417 g/mol. The number of hydrogen-bond donors (Lipinski definition) is 1. The fraction of sp³-hybridized carbons (Fsp3) is 0.200. The molecule has 0 aliphatic heterocycles. The van der Waals surface area contributed by atoms with Crippen LogP contribution in [-0.2, 0) is 13.2 Å². The average Bonchev–Trinajstić information content (AvgIpc) is 2.38. The summed E-state index contributed by atoms with van der Waals surface area (Å²) >= 11 is 13.1. The molecule has 20 heavy (non-hydrogen) atoms. The highest BCUT2D eigenvalue weighted by Crippen LogP contribution is 2.35. The zero-order chi connectivity index (χ0) is 14.5. The molecule has 2 nitrogen and oxygen atoms in total. The van der Waals surface area contributed by atoms with Crippen molar-refractivity contribution in [2.45, 2.75) is 13.2 Å². The van der Waals surface area contributed by atoms with Crippen molar-refractivity contribution in [3.05, 3.63) is 61.5 Å². The van der Waals surface area contributed by atoms with Gasteiger partial charge in [-0.1, -0.05) is 23.7 Å². The van der Waals surface area contributed by atoms with Gasteiger partial charge in [0.05, 0.1) is 8.95 Å². The maximum atomic E-state index is 5.96. The van der Waals surface area contributed by atoms with Crippen molar-refractivity contribution in [2.24, 2.45) is 0 Å². The van der Waals surface area contributed by atoms with Crippen LogP contribution in [0, 0.1) is 0 Å². The second-order valence-electron chi connectivity index (χ2n) is 4.34. The van der Waals surface area contributed by atoms with E-state index in [0.29, 0.717) is 11.6 Å². The van der Waals surface area contributed by atoms with Gasteiger partial charge in [0, 0.05) is 11.6 Å². The first-order valence-electron chi connectivity index (χ1n) is 6.10. The summed E-state index contributed by atoms with van der Waals surface area (Å²) in [6.07, 6.45) is 0. The molecule has 0 saturated carbocycles. The van der Waals surface area contributed by atoms with Gasteiger partial charge in [0.25, 0.3) is 0 Å². The predicted octanol–water partition coefficient (Wildman–Crippen LogP) is 5.16. The van der Waals surface area contributed by atoms with Gasteiger partial charge >= 0.3 is 0 Å². The van der Waals surface area contributed by atoms with E-state index in [2.05, 4.69) is 49.3 Å². The Bertz CT molecular complexity index is 581. The number of ether oxygens (including phenoxy) is 1. The maximum absolute atomic E-state index is 5.96. The van der Waals surface area contributed by atoms with Crippen LogP contribution in [0.1, 0.15) is 11.1 Å². The molecule has 1 N–H and O–H groups in total. The minimum atomic E-state index is 0.475. The first-order chi connectivity index (χ1) is 9.60. The Labute approximate surface area is 140 Å². The molecule has 0 amide bonds. The lowest BCUT2D eigenvalue weighted by atomic mass is 10.2. The number of benzene rings is 2. The van der Waals surface area contributed by atoms with Gasteiger partial charge in [-0.2, -0.15) is 0 Å². The van der Waals surface area contributed by atoms with E-state index in [1.807, 2.05) is 31.3 Å². The zero-order valence-corrected chi connectivity index (χ0v) is 14.8. The molecule has 0 fully saturated rings. The van der Waals surface area contributed by atoms with Crippen LogP contribution in [0.4, 0.5) is 0 Å². The van der Waals surface area contributed by atoms with Gasteiger partial charge in [-0.15, -0.1) is 0 Å². The maximum Gasteiger partial charge on any atom is 0.148 e. The lowest BCUT2D eigenvalue weighted by Gasteiger charge is -2.12. The van der Waals surface area contributed by atoms with Crippen molar-refractivity contribution in [3.8, 4) is 5.75 Å². The Hall–Kier alpha value is -0.550. The van der Waals surface area contributed by atoms with Crippen LogP contribution in [-0.4, -0.2) is 7.05 Å². The molecule has 2 aromatic carbocycles. The van der Waals surface area contributed by atoms with E-state index in [-0.39, 0.29) is 0 Å². The normalized spacial score (nSPS) is 10.6. The molecule has 106 valence electrons. The van der Waals surface area contributed by atoms with Crippen molar-refractivity contribution in [1.82, 2.24) is 5.32 Å². The summed E-state index contributed by atoms with van der Waals surface area (Å²) in [6, 6.07) is 11.8. The van der Waals surface area contributed by atoms with Crippen LogP contribution in [0.3, 0.4) is 0 Å². The molecular formula is C15H14Br2ClNO. The molecular weight excluding hydrogens is 405 g/mol. The van der Waals surface area contributed by atoms with Crippen LogP contribution in [0.25, 0.3) is 0 Å². The van der Waals surface area contributed by atoms with E-state index in [9.17, 15) is 0 Å². The van der Waals surface area contributed by atoms with Gasteiger partial charge < -0.3 is 10.1 Å². The van der Waals surface area contributed by atoms with Gasteiger partial charge in [-0.05, 0) is 74.3 Å². The largest absolute Gasteiger partial charge is 0.487 e. The Morgan fingerprint density at radius 2 is 1.80 bits per heavy atom. The summed E-state index contributed by atoms with van der Waals surface area (Å²) in [7, 11) is 1.92. The minimum Gasteiger partial charge on any atom is -0.487 e. The molecule has 2 rings (SSSR count). The quantitative estimate of drug-likeness (QED) is 0.723. The summed E-state index contributed by atoms with van der Waals surface area (Å²) in [5.41, 5.74) is 2.22. The summed E-state index contributed by atoms with van der Waals surface area (Å²) in [5, 5.41) is 3.84. The molecule has 2 aromatic rings. The van der Waals surface area contributed by atoms with E-state index < -0.39 is 0 Å². The molecule has 0 aliphatic carbocycles. The molecule has 0 aromatic heterocycles. The summed E-state index contributed by atoms with van der Waals surface area (Å²) in [6.45, 7) is 1.29. The zero-order valence-electron chi connectivity index (χ0n) is 10.9. The van der Waals surface area contributed by atoms with Crippen molar-refractivity contribution in [2.75, 3.05) is 7.05 Å². The number of rotatable bonds is 5. The topological polar surface area (TPSA) is 21.3 Å². The molecule has 0 radical (unpaired) electrons. The fourth-order valence-electron chi connectivity index (χ4n) is 1.84. The fourth-order valence-corrected chi connectivity index (χ4v) is 3.56. The Morgan fingerprint density at radius 3 is 2.40 bits per heavy atom. The molecule has 0 aliphatic rings. The van der Waals surface area contributed by atoms with Gasteiger partial charge in [-0.25, -0.2) is 0 Å². The molecule has 0 spiro atoms. The minimum absolute atomic E-state index is 0.475. The van der Waals surface area contributed by atoms with Gasteiger partial charge in [0.1, 0.15) is 12.4 Å².